The summed E-state index contributed by atoms with van der Waals surface area (Å²) in [5.74, 6) is 0.0355. The average molecular weight is 234 g/mol. The molecule has 1 atom stereocenters. The molecule has 4 N–H and O–H groups in total. The maximum atomic E-state index is 11.2. The summed E-state index contributed by atoms with van der Waals surface area (Å²) in [5.41, 5.74) is 6.61. The number of phenolic OH excluding ortho intramolecular Hbond substituents is 1. The van der Waals surface area contributed by atoms with Crippen molar-refractivity contribution in [2.24, 2.45) is 5.73 Å². The number of aromatic amines is 1. The number of aromatic nitrogens is 1. The van der Waals surface area contributed by atoms with Crippen LogP contribution in [0.2, 0.25) is 0 Å². The smallest absolute Gasteiger partial charge is 0.248 e. The minimum atomic E-state index is -0.260. The van der Waals surface area contributed by atoms with Gasteiger partial charge in [0, 0.05) is 25.1 Å². The Labute approximate surface area is 97.8 Å². The van der Waals surface area contributed by atoms with Crippen molar-refractivity contribution in [3.8, 4) is 5.75 Å². The molecule has 0 spiro atoms. The molecule has 90 valence electrons. The van der Waals surface area contributed by atoms with Crippen molar-refractivity contribution >= 4 is 10.9 Å². The Morgan fingerprint density at radius 2 is 2.18 bits per heavy atom. The Balaban J connectivity index is 2.74. The van der Waals surface area contributed by atoms with Gasteiger partial charge >= 0.3 is 0 Å². The van der Waals surface area contributed by atoms with Crippen LogP contribution in [0.1, 0.15) is 11.7 Å². The highest BCUT2D eigenvalue weighted by molar-refractivity contribution is 5.87. The minimum absolute atomic E-state index is 0.0355. The molecule has 2 rings (SSSR count). The SMILES string of the molecule is COC(CN)c1ccc(O)c2[nH]c(=O)ccc12. The number of phenols is 1. The molecule has 17 heavy (non-hydrogen) atoms. The Hall–Kier alpha value is -1.85. The monoisotopic (exact) mass is 234 g/mol. The lowest BCUT2D eigenvalue weighted by Crippen LogP contribution is -2.15. The molecule has 0 saturated heterocycles. The van der Waals surface area contributed by atoms with Crippen molar-refractivity contribution in [1.82, 2.24) is 4.98 Å². The Bertz CT molecular complexity index is 588. The molecule has 0 radical (unpaired) electrons. The minimum Gasteiger partial charge on any atom is -0.506 e. The first-order valence-corrected chi connectivity index (χ1v) is 5.25. The first-order valence-electron chi connectivity index (χ1n) is 5.25. The predicted molar refractivity (Wildman–Crippen MR) is 65.0 cm³/mol. The lowest BCUT2D eigenvalue weighted by atomic mass is 10.0. The molecule has 0 bridgehead atoms. The van der Waals surface area contributed by atoms with E-state index in [9.17, 15) is 9.90 Å². The van der Waals surface area contributed by atoms with Gasteiger partial charge in [-0.05, 0) is 17.7 Å². The van der Waals surface area contributed by atoms with Crippen molar-refractivity contribution in [3.63, 3.8) is 0 Å². The molecule has 5 heteroatoms. The van der Waals surface area contributed by atoms with E-state index in [-0.39, 0.29) is 17.4 Å². The van der Waals surface area contributed by atoms with E-state index in [2.05, 4.69) is 4.98 Å². The standard InChI is InChI=1S/C12H14N2O3/c1-17-10(6-13)7-2-4-9(15)12-8(7)3-5-11(16)14-12/h2-5,10,15H,6,13H2,1H3,(H,14,16). The molecule has 0 saturated carbocycles. The number of fused-ring (bicyclic) bond motifs is 1. The normalized spacial score (nSPS) is 12.8. The summed E-state index contributed by atoms with van der Waals surface area (Å²) in [6, 6.07) is 6.34. The fourth-order valence-corrected chi connectivity index (χ4v) is 1.89. The van der Waals surface area contributed by atoms with E-state index < -0.39 is 0 Å². The summed E-state index contributed by atoms with van der Waals surface area (Å²) < 4.78 is 5.27. The number of pyridine rings is 1. The number of ether oxygens (including phenoxy) is 1. The molecular weight excluding hydrogens is 220 g/mol. The molecule has 0 aliphatic rings. The lowest BCUT2D eigenvalue weighted by Gasteiger charge is -2.16. The summed E-state index contributed by atoms with van der Waals surface area (Å²) >= 11 is 0. The molecule has 0 aliphatic heterocycles. The molecule has 1 heterocycles. The molecule has 2 aromatic rings. The van der Waals surface area contributed by atoms with Gasteiger partial charge in [0.25, 0.3) is 0 Å². The number of nitrogens with one attached hydrogen (secondary N) is 1. The fourth-order valence-electron chi connectivity index (χ4n) is 1.89. The maximum absolute atomic E-state index is 11.2. The Morgan fingerprint density at radius 3 is 2.82 bits per heavy atom. The van der Waals surface area contributed by atoms with Gasteiger partial charge in [-0.2, -0.15) is 0 Å². The molecule has 1 aromatic carbocycles. The summed E-state index contributed by atoms with van der Waals surface area (Å²) in [7, 11) is 1.57. The van der Waals surface area contributed by atoms with Gasteiger partial charge in [-0.15, -0.1) is 0 Å². The zero-order valence-electron chi connectivity index (χ0n) is 9.43. The maximum Gasteiger partial charge on any atom is 0.248 e. The third kappa shape index (κ3) is 2.02. The molecular formula is C12H14N2O3. The highest BCUT2D eigenvalue weighted by Gasteiger charge is 2.14. The molecule has 1 aromatic heterocycles. The fraction of sp³-hybridized carbons (Fsp3) is 0.250. The largest absolute Gasteiger partial charge is 0.506 e. The van der Waals surface area contributed by atoms with Gasteiger partial charge in [-0.25, -0.2) is 0 Å². The van der Waals surface area contributed by atoms with E-state index in [0.29, 0.717) is 12.1 Å². The van der Waals surface area contributed by atoms with Gasteiger partial charge in [0.15, 0.2) is 0 Å². The van der Waals surface area contributed by atoms with Gasteiger partial charge in [0.1, 0.15) is 5.75 Å². The average Bonchev–Trinajstić information content (AvgIpc) is 2.34. The number of hydrogen-bond donors (Lipinski definition) is 3. The van der Waals surface area contributed by atoms with Crippen molar-refractivity contribution < 1.29 is 9.84 Å². The molecule has 0 fully saturated rings. The highest BCUT2D eigenvalue weighted by Crippen LogP contribution is 2.29. The van der Waals surface area contributed by atoms with Gasteiger partial charge in [0.05, 0.1) is 11.6 Å². The van der Waals surface area contributed by atoms with Gasteiger partial charge in [-0.1, -0.05) is 6.07 Å². The molecule has 0 amide bonds. The third-order valence-corrected chi connectivity index (χ3v) is 2.75. The second-order valence-corrected chi connectivity index (χ2v) is 3.75. The van der Waals surface area contributed by atoms with E-state index in [1.165, 1.54) is 12.1 Å². The topological polar surface area (TPSA) is 88.3 Å². The lowest BCUT2D eigenvalue weighted by molar-refractivity contribution is 0.111. The number of H-pyrrole nitrogens is 1. The highest BCUT2D eigenvalue weighted by atomic mass is 16.5. The quantitative estimate of drug-likeness (QED) is 0.735. The number of methoxy groups -OCH3 is 1. The van der Waals surface area contributed by atoms with E-state index >= 15 is 0 Å². The molecule has 0 aliphatic carbocycles. The van der Waals surface area contributed by atoms with Crippen LogP contribution in [0.5, 0.6) is 5.75 Å². The van der Waals surface area contributed by atoms with Crippen LogP contribution in [0, 0.1) is 0 Å². The Morgan fingerprint density at radius 1 is 1.41 bits per heavy atom. The number of nitrogens with two attached hydrogens (primary N) is 1. The van der Waals surface area contributed by atoms with E-state index in [1.807, 2.05) is 0 Å². The van der Waals surface area contributed by atoms with E-state index in [4.69, 9.17) is 10.5 Å². The Kier molecular flexibility index (Phi) is 3.12. The number of rotatable bonds is 3. The van der Waals surface area contributed by atoms with Crippen molar-refractivity contribution in [2.75, 3.05) is 13.7 Å². The first kappa shape index (κ1) is 11.6. The van der Waals surface area contributed by atoms with Crippen LogP contribution in [0.25, 0.3) is 10.9 Å². The van der Waals surface area contributed by atoms with Crippen LogP contribution in [-0.4, -0.2) is 23.7 Å². The third-order valence-electron chi connectivity index (χ3n) is 2.75. The second kappa shape index (κ2) is 4.57. The zero-order chi connectivity index (χ0) is 12.4. The number of aromatic hydroxyl groups is 1. The van der Waals surface area contributed by atoms with Crippen LogP contribution in [0.3, 0.4) is 0 Å². The predicted octanol–water partition coefficient (Wildman–Crippen LogP) is 0.880. The van der Waals surface area contributed by atoms with Crippen LogP contribution in [0.15, 0.2) is 29.1 Å². The summed E-state index contributed by atoms with van der Waals surface area (Å²) in [6.07, 6.45) is -0.260. The summed E-state index contributed by atoms with van der Waals surface area (Å²) in [6.45, 7) is 0.329. The van der Waals surface area contributed by atoms with Crippen LogP contribution in [-0.2, 0) is 4.74 Å². The summed E-state index contributed by atoms with van der Waals surface area (Å²) in [4.78, 5) is 13.8. The molecule has 1 unspecified atom stereocenters. The summed E-state index contributed by atoms with van der Waals surface area (Å²) in [5, 5.41) is 10.4. The zero-order valence-corrected chi connectivity index (χ0v) is 9.43. The van der Waals surface area contributed by atoms with Gasteiger partial charge < -0.3 is 20.6 Å². The van der Waals surface area contributed by atoms with Crippen LogP contribution >= 0.6 is 0 Å². The van der Waals surface area contributed by atoms with Crippen LogP contribution < -0.4 is 11.3 Å². The number of hydrogen-bond acceptors (Lipinski definition) is 4. The first-order chi connectivity index (χ1) is 8.17. The van der Waals surface area contributed by atoms with Gasteiger partial charge in [-0.3, -0.25) is 4.79 Å². The van der Waals surface area contributed by atoms with Crippen molar-refractivity contribution in [2.45, 2.75) is 6.10 Å². The number of benzene rings is 1. The van der Waals surface area contributed by atoms with Crippen molar-refractivity contribution in [1.29, 1.82) is 0 Å². The van der Waals surface area contributed by atoms with Crippen molar-refractivity contribution in [3.05, 3.63) is 40.2 Å². The van der Waals surface area contributed by atoms with Crippen LogP contribution in [0.4, 0.5) is 0 Å². The second-order valence-electron chi connectivity index (χ2n) is 3.75. The van der Waals surface area contributed by atoms with E-state index in [0.717, 1.165) is 10.9 Å². The van der Waals surface area contributed by atoms with Gasteiger partial charge in [0.2, 0.25) is 5.56 Å². The molecule has 5 nitrogen and oxygen atoms in total. The van der Waals surface area contributed by atoms with E-state index in [1.54, 1.807) is 19.2 Å².